The fourth-order valence-corrected chi connectivity index (χ4v) is 5.62. The monoisotopic (exact) mass is 561 g/mol. The summed E-state index contributed by atoms with van der Waals surface area (Å²) in [5.74, 6) is 6.02. The number of rotatable bonds is 6. The average molecular weight is 563 g/mol. The van der Waals surface area contributed by atoms with Crippen LogP contribution in [0, 0.1) is 17.7 Å². The molecule has 204 valence electrons. The number of hydrogen-bond donors (Lipinski definition) is 2. The molecule has 3 heterocycles. The second-order valence-electron chi connectivity index (χ2n) is 10.4. The van der Waals surface area contributed by atoms with E-state index in [1.165, 1.54) is 31.2 Å². The van der Waals surface area contributed by atoms with Crippen LogP contribution in [-0.4, -0.2) is 58.6 Å². The van der Waals surface area contributed by atoms with Crippen molar-refractivity contribution in [1.82, 2.24) is 20.1 Å². The summed E-state index contributed by atoms with van der Waals surface area (Å²) in [6.07, 6.45) is 5.36. The molecule has 2 aliphatic rings. The molecule has 2 atom stereocenters. The summed E-state index contributed by atoms with van der Waals surface area (Å²) in [6, 6.07) is 4.42. The molecule has 2 fully saturated rings. The zero-order valence-corrected chi connectivity index (χ0v) is 23.5. The van der Waals surface area contributed by atoms with E-state index in [-0.39, 0.29) is 33.7 Å². The van der Waals surface area contributed by atoms with Gasteiger partial charge in [0.1, 0.15) is 11.9 Å². The Morgan fingerprint density at radius 1 is 1.29 bits per heavy atom. The molecule has 0 aliphatic carbocycles. The third kappa shape index (κ3) is 6.82. The first kappa shape index (κ1) is 28.3. The van der Waals surface area contributed by atoms with Crippen molar-refractivity contribution in [3.63, 3.8) is 0 Å². The normalized spacial score (nSPS) is 18.7. The summed E-state index contributed by atoms with van der Waals surface area (Å²) in [5, 5.41) is 3.25. The highest BCUT2D eigenvalue weighted by atomic mass is 35.5. The molecule has 38 heavy (non-hydrogen) atoms. The molecule has 0 spiro atoms. The van der Waals surface area contributed by atoms with Crippen molar-refractivity contribution in [2.45, 2.75) is 64.1 Å². The number of nitrogens with zero attached hydrogens (tertiary/aromatic N) is 3. The number of pyridine rings is 1. The smallest absolute Gasteiger partial charge is 0.318 e. The number of likely N-dealkylation sites (tertiary alicyclic amines) is 2. The molecular weight excluding hydrogens is 528 g/mol. The number of nitrogens with two attached hydrogens (primary N) is 1. The highest BCUT2D eigenvalue weighted by molar-refractivity contribution is 6.36. The number of amides is 2. The number of urea groups is 1. The van der Waals surface area contributed by atoms with E-state index >= 15 is 0 Å². The van der Waals surface area contributed by atoms with Gasteiger partial charge in [0.15, 0.2) is 11.6 Å². The third-order valence-corrected chi connectivity index (χ3v) is 7.63. The lowest BCUT2D eigenvalue weighted by Gasteiger charge is -2.31. The van der Waals surface area contributed by atoms with Crippen LogP contribution in [0.3, 0.4) is 0 Å². The highest BCUT2D eigenvalue weighted by Crippen LogP contribution is 2.36. The van der Waals surface area contributed by atoms with Crippen LogP contribution < -0.4 is 15.8 Å². The van der Waals surface area contributed by atoms with E-state index in [4.69, 9.17) is 33.7 Å². The fourth-order valence-electron chi connectivity index (χ4n) is 4.94. The standard InChI is InChI=1S/C28H34Cl2FN5O2/c1-18(24-21(29)8-9-22(31)25(24)30)38-23-15-19(16-33-26(23)32)10-11-28(2,3)34-27(37)36-14-6-7-20(36)17-35-12-4-5-13-35/h8-9,15-16,18,20H,4-7,12-14,17H2,1-3H3,(H2,32,33)(H,34,37)/t18-,20?/m1/s1. The van der Waals surface area contributed by atoms with Crippen LogP contribution in [0.5, 0.6) is 5.75 Å². The number of halogens is 3. The second kappa shape index (κ2) is 12.0. The Morgan fingerprint density at radius 3 is 2.76 bits per heavy atom. The SMILES string of the molecule is C[C@@H](Oc1cc(C#CC(C)(C)NC(=O)N2CCCC2CN2CCCC2)cnc1N)c1c(Cl)ccc(F)c1Cl. The van der Waals surface area contributed by atoms with E-state index in [0.29, 0.717) is 11.1 Å². The zero-order valence-electron chi connectivity index (χ0n) is 22.0. The minimum atomic E-state index is -0.782. The van der Waals surface area contributed by atoms with E-state index in [1.807, 2.05) is 18.7 Å². The Bertz CT molecular complexity index is 1240. The Morgan fingerprint density at radius 2 is 2.03 bits per heavy atom. The van der Waals surface area contributed by atoms with Crippen LogP contribution in [0.15, 0.2) is 24.4 Å². The largest absolute Gasteiger partial charge is 0.482 e. The van der Waals surface area contributed by atoms with E-state index in [1.54, 1.807) is 13.0 Å². The highest BCUT2D eigenvalue weighted by Gasteiger charge is 2.32. The number of ether oxygens (including phenoxy) is 1. The topological polar surface area (TPSA) is 83.7 Å². The van der Waals surface area contributed by atoms with E-state index in [2.05, 4.69) is 27.0 Å². The Labute approximate surface area is 233 Å². The van der Waals surface area contributed by atoms with E-state index in [0.717, 1.165) is 39.0 Å². The quantitative estimate of drug-likeness (QED) is 0.351. The summed E-state index contributed by atoms with van der Waals surface area (Å²) < 4.78 is 19.9. The van der Waals surface area contributed by atoms with Crippen LogP contribution in [0.25, 0.3) is 0 Å². The first-order valence-electron chi connectivity index (χ1n) is 12.9. The molecule has 0 saturated carbocycles. The van der Waals surface area contributed by atoms with Gasteiger partial charge in [0, 0.05) is 47.5 Å². The molecule has 2 aromatic rings. The van der Waals surface area contributed by atoms with Crippen LogP contribution >= 0.6 is 23.2 Å². The molecule has 1 aromatic carbocycles. The molecule has 0 radical (unpaired) electrons. The van der Waals surface area contributed by atoms with Crippen molar-refractivity contribution < 1.29 is 13.9 Å². The predicted octanol–water partition coefficient (Wildman–Crippen LogP) is 5.65. The fraction of sp³-hybridized carbons (Fsp3) is 0.500. The number of hydrogen-bond acceptors (Lipinski definition) is 5. The van der Waals surface area contributed by atoms with Gasteiger partial charge >= 0.3 is 6.03 Å². The molecule has 2 aliphatic heterocycles. The molecule has 0 bridgehead atoms. The van der Waals surface area contributed by atoms with Crippen LogP contribution in [-0.2, 0) is 0 Å². The lowest BCUT2D eigenvalue weighted by molar-refractivity contribution is 0.170. The molecule has 10 heteroatoms. The lowest BCUT2D eigenvalue weighted by Crippen LogP contribution is -2.52. The Hall–Kier alpha value is -2.73. The number of nitrogen functional groups attached to an aromatic ring is 1. The Kier molecular flexibility index (Phi) is 8.92. The third-order valence-electron chi connectivity index (χ3n) is 6.92. The van der Waals surface area contributed by atoms with Crippen LogP contribution in [0.1, 0.15) is 63.7 Å². The van der Waals surface area contributed by atoms with E-state index < -0.39 is 17.5 Å². The molecule has 2 saturated heterocycles. The number of aromatic nitrogens is 1. The van der Waals surface area contributed by atoms with E-state index in [9.17, 15) is 9.18 Å². The van der Waals surface area contributed by atoms with Gasteiger partial charge in [-0.3, -0.25) is 0 Å². The minimum Gasteiger partial charge on any atom is -0.482 e. The van der Waals surface area contributed by atoms with Gasteiger partial charge in [-0.15, -0.1) is 0 Å². The van der Waals surface area contributed by atoms with Gasteiger partial charge in [-0.25, -0.2) is 14.2 Å². The van der Waals surface area contributed by atoms with Crippen molar-refractivity contribution in [2.24, 2.45) is 0 Å². The van der Waals surface area contributed by atoms with Crippen molar-refractivity contribution in [2.75, 3.05) is 31.9 Å². The first-order valence-corrected chi connectivity index (χ1v) is 13.7. The molecule has 2 amide bonds. The van der Waals surface area contributed by atoms with Gasteiger partial charge in [0.2, 0.25) is 0 Å². The maximum Gasteiger partial charge on any atom is 0.318 e. The summed E-state index contributed by atoms with van der Waals surface area (Å²) in [6.45, 7) is 9.34. The number of benzene rings is 1. The molecule has 3 N–H and O–H groups in total. The molecular formula is C28H34Cl2FN5O2. The average Bonchev–Trinajstić information content (AvgIpc) is 3.55. The molecule has 1 aromatic heterocycles. The summed E-state index contributed by atoms with van der Waals surface area (Å²) in [7, 11) is 0. The lowest BCUT2D eigenvalue weighted by atomic mass is 10.1. The van der Waals surface area contributed by atoms with Gasteiger partial charge in [0.25, 0.3) is 0 Å². The molecule has 4 rings (SSSR count). The van der Waals surface area contributed by atoms with Crippen molar-refractivity contribution in [3.8, 4) is 17.6 Å². The molecule has 7 nitrogen and oxygen atoms in total. The minimum absolute atomic E-state index is 0.0943. The van der Waals surface area contributed by atoms with Gasteiger partial charge in [-0.2, -0.15) is 0 Å². The summed E-state index contributed by atoms with van der Waals surface area (Å²) >= 11 is 12.4. The zero-order chi connectivity index (χ0) is 27.4. The van der Waals surface area contributed by atoms with Crippen molar-refractivity contribution in [3.05, 3.63) is 51.4 Å². The van der Waals surface area contributed by atoms with Crippen molar-refractivity contribution in [1.29, 1.82) is 0 Å². The number of carbonyl (C=O) groups is 1. The van der Waals surface area contributed by atoms with Crippen LogP contribution in [0.2, 0.25) is 10.0 Å². The van der Waals surface area contributed by atoms with Gasteiger partial charge in [-0.1, -0.05) is 35.0 Å². The first-order chi connectivity index (χ1) is 18.0. The Balaban J connectivity index is 1.43. The predicted molar refractivity (Wildman–Crippen MR) is 149 cm³/mol. The maximum absolute atomic E-state index is 14.0. The second-order valence-corrected chi connectivity index (χ2v) is 11.2. The van der Waals surface area contributed by atoms with Gasteiger partial charge < -0.3 is 25.6 Å². The van der Waals surface area contributed by atoms with Gasteiger partial charge in [-0.05, 0) is 71.7 Å². The number of carbonyl (C=O) groups excluding carboxylic acids is 1. The number of anilines is 1. The maximum atomic E-state index is 14.0. The molecule has 1 unspecified atom stereocenters. The van der Waals surface area contributed by atoms with Crippen molar-refractivity contribution >= 4 is 35.1 Å². The van der Waals surface area contributed by atoms with Crippen LogP contribution in [0.4, 0.5) is 15.0 Å². The summed E-state index contributed by atoms with van der Waals surface area (Å²) in [5.41, 5.74) is 6.11. The number of nitrogens with one attached hydrogen (secondary N) is 1. The summed E-state index contributed by atoms with van der Waals surface area (Å²) in [4.78, 5) is 21.7. The van der Waals surface area contributed by atoms with Gasteiger partial charge in [0.05, 0.1) is 10.6 Å².